The molecule has 1 aromatic heterocycles. The summed E-state index contributed by atoms with van der Waals surface area (Å²) in [6, 6.07) is 12.6. The predicted molar refractivity (Wildman–Crippen MR) is 112 cm³/mol. The van der Waals surface area contributed by atoms with Gasteiger partial charge in [0.1, 0.15) is 17.1 Å². The van der Waals surface area contributed by atoms with Crippen LogP contribution in [0.25, 0.3) is 11.4 Å². The number of likely N-dealkylation sites (tertiary alicyclic amines) is 1. The SMILES string of the molecule is COc1cccc(OC)c1C(=O)N1CCCC(c2nc(-c3ccc(Cl)cc3)no2)C1. The molecule has 1 aliphatic heterocycles. The van der Waals surface area contributed by atoms with Crippen LogP contribution in [0.3, 0.4) is 0 Å². The normalized spacial score (nSPS) is 16.4. The standard InChI is InChI=1S/C22H22ClN3O4/c1-28-17-6-3-7-18(29-2)19(17)22(27)26-12-4-5-15(13-26)21-24-20(25-30-21)14-8-10-16(23)11-9-14/h3,6-11,15H,4-5,12-13H2,1-2H3. The summed E-state index contributed by atoms with van der Waals surface area (Å²) in [5.74, 6) is 1.86. The van der Waals surface area contributed by atoms with E-state index in [0.717, 1.165) is 18.4 Å². The van der Waals surface area contributed by atoms with Gasteiger partial charge in [-0.1, -0.05) is 22.8 Å². The second-order valence-electron chi connectivity index (χ2n) is 7.09. The first kappa shape index (κ1) is 20.2. The van der Waals surface area contributed by atoms with Crippen molar-refractivity contribution >= 4 is 17.5 Å². The summed E-state index contributed by atoms with van der Waals surface area (Å²) in [4.78, 5) is 19.6. The first-order valence-electron chi connectivity index (χ1n) is 9.70. The highest BCUT2D eigenvalue weighted by Crippen LogP contribution is 2.33. The summed E-state index contributed by atoms with van der Waals surface area (Å²) < 4.78 is 16.3. The second-order valence-corrected chi connectivity index (χ2v) is 7.53. The molecule has 0 N–H and O–H groups in total. The minimum atomic E-state index is -0.133. The van der Waals surface area contributed by atoms with Crippen LogP contribution in [0.2, 0.25) is 5.02 Å². The molecule has 8 heteroatoms. The van der Waals surface area contributed by atoms with Gasteiger partial charge in [-0.05, 0) is 49.2 Å². The highest BCUT2D eigenvalue weighted by atomic mass is 35.5. The van der Waals surface area contributed by atoms with Gasteiger partial charge in [0.05, 0.1) is 20.1 Å². The first-order chi connectivity index (χ1) is 14.6. The topological polar surface area (TPSA) is 77.7 Å². The Hall–Kier alpha value is -3.06. The van der Waals surface area contributed by atoms with Gasteiger partial charge in [-0.15, -0.1) is 0 Å². The Kier molecular flexibility index (Phi) is 5.90. The van der Waals surface area contributed by atoms with Gasteiger partial charge < -0.3 is 18.9 Å². The molecule has 7 nitrogen and oxygen atoms in total. The highest BCUT2D eigenvalue weighted by Gasteiger charge is 2.31. The van der Waals surface area contributed by atoms with Gasteiger partial charge >= 0.3 is 0 Å². The third-order valence-corrected chi connectivity index (χ3v) is 5.50. The molecule has 1 atom stereocenters. The highest BCUT2D eigenvalue weighted by molar-refractivity contribution is 6.30. The first-order valence-corrected chi connectivity index (χ1v) is 10.1. The number of hydrogen-bond donors (Lipinski definition) is 0. The number of methoxy groups -OCH3 is 2. The van der Waals surface area contributed by atoms with E-state index in [-0.39, 0.29) is 11.8 Å². The van der Waals surface area contributed by atoms with Crippen LogP contribution >= 0.6 is 11.6 Å². The maximum atomic E-state index is 13.3. The van der Waals surface area contributed by atoms with Gasteiger partial charge in [0.15, 0.2) is 0 Å². The third-order valence-electron chi connectivity index (χ3n) is 5.24. The maximum Gasteiger partial charge on any atom is 0.261 e. The maximum absolute atomic E-state index is 13.3. The smallest absolute Gasteiger partial charge is 0.261 e. The molecule has 3 aromatic rings. The molecule has 2 aromatic carbocycles. The number of halogens is 1. The summed E-state index contributed by atoms with van der Waals surface area (Å²) in [6.45, 7) is 1.14. The molecule has 1 aliphatic rings. The molecular weight excluding hydrogens is 406 g/mol. The van der Waals surface area contributed by atoms with Crippen molar-refractivity contribution in [2.24, 2.45) is 0 Å². The number of rotatable bonds is 5. The molecule has 1 fully saturated rings. The number of nitrogens with zero attached hydrogens (tertiary/aromatic N) is 3. The van der Waals surface area contributed by atoms with Crippen LogP contribution < -0.4 is 9.47 Å². The lowest BCUT2D eigenvalue weighted by atomic mass is 9.97. The summed E-state index contributed by atoms with van der Waals surface area (Å²) in [7, 11) is 3.09. The number of ether oxygens (including phenoxy) is 2. The van der Waals surface area contributed by atoms with Crippen molar-refractivity contribution in [1.29, 1.82) is 0 Å². The number of amides is 1. The van der Waals surface area contributed by atoms with E-state index in [4.69, 9.17) is 25.6 Å². The third kappa shape index (κ3) is 3.98. The second kappa shape index (κ2) is 8.75. The molecule has 1 unspecified atom stereocenters. The predicted octanol–water partition coefficient (Wildman–Crippen LogP) is 4.43. The molecule has 0 aliphatic carbocycles. The zero-order valence-corrected chi connectivity index (χ0v) is 17.6. The van der Waals surface area contributed by atoms with Crippen LogP contribution in [0.15, 0.2) is 47.0 Å². The quantitative estimate of drug-likeness (QED) is 0.599. The van der Waals surface area contributed by atoms with E-state index in [1.165, 1.54) is 0 Å². The lowest BCUT2D eigenvalue weighted by Gasteiger charge is -2.31. The van der Waals surface area contributed by atoms with E-state index in [9.17, 15) is 4.79 Å². The Morgan fingerprint density at radius 1 is 1.13 bits per heavy atom. The van der Waals surface area contributed by atoms with Gasteiger partial charge in [0, 0.05) is 23.7 Å². The monoisotopic (exact) mass is 427 g/mol. The van der Waals surface area contributed by atoms with Crippen LogP contribution in [0, 0.1) is 0 Å². The van der Waals surface area contributed by atoms with E-state index in [1.54, 1.807) is 49.5 Å². The zero-order chi connectivity index (χ0) is 21.1. The Labute approximate surface area is 179 Å². The number of carbonyl (C=O) groups excluding carboxylic acids is 1. The van der Waals surface area contributed by atoms with Gasteiger partial charge in [0.25, 0.3) is 5.91 Å². The van der Waals surface area contributed by atoms with Crippen LogP contribution in [0.1, 0.15) is 35.0 Å². The Balaban J connectivity index is 1.54. The molecule has 1 saturated heterocycles. The lowest BCUT2D eigenvalue weighted by molar-refractivity contribution is 0.0688. The van der Waals surface area contributed by atoms with E-state index in [0.29, 0.717) is 46.9 Å². The largest absolute Gasteiger partial charge is 0.496 e. The fraction of sp³-hybridized carbons (Fsp3) is 0.318. The summed E-state index contributed by atoms with van der Waals surface area (Å²) >= 11 is 5.95. The number of piperidine rings is 1. The molecule has 2 heterocycles. The van der Waals surface area contributed by atoms with Gasteiger partial charge in [-0.3, -0.25) is 4.79 Å². The molecule has 0 bridgehead atoms. The van der Waals surface area contributed by atoms with Gasteiger partial charge in [0.2, 0.25) is 11.7 Å². The number of benzene rings is 2. The van der Waals surface area contributed by atoms with E-state index >= 15 is 0 Å². The van der Waals surface area contributed by atoms with E-state index in [2.05, 4.69) is 10.1 Å². The molecule has 0 saturated carbocycles. The number of hydrogen-bond acceptors (Lipinski definition) is 6. The van der Waals surface area contributed by atoms with Crippen LogP contribution in [-0.2, 0) is 0 Å². The molecule has 4 rings (SSSR count). The minimum Gasteiger partial charge on any atom is -0.496 e. The molecule has 1 amide bonds. The molecule has 0 radical (unpaired) electrons. The number of aromatic nitrogens is 2. The minimum absolute atomic E-state index is 0.0306. The average molecular weight is 428 g/mol. The van der Waals surface area contributed by atoms with Crippen molar-refractivity contribution in [1.82, 2.24) is 15.0 Å². The summed E-state index contributed by atoms with van der Waals surface area (Å²) in [6.07, 6.45) is 1.71. The number of carbonyl (C=O) groups is 1. The summed E-state index contributed by atoms with van der Waals surface area (Å²) in [5, 5.41) is 4.75. The molecular formula is C22H22ClN3O4. The Morgan fingerprint density at radius 3 is 2.50 bits per heavy atom. The van der Waals surface area contributed by atoms with Crippen molar-refractivity contribution in [3.63, 3.8) is 0 Å². The van der Waals surface area contributed by atoms with Crippen molar-refractivity contribution < 1.29 is 18.8 Å². The van der Waals surface area contributed by atoms with Crippen LogP contribution in [0.4, 0.5) is 0 Å². The summed E-state index contributed by atoms with van der Waals surface area (Å²) in [5.41, 5.74) is 1.26. The fourth-order valence-electron chi connectivity index (χ4n) is 3.70. The van der Waals surface area contributed by atoms with E-state index in [1.807, 2.05) is 12.1 Å². The molecule has 0 spiro atoms. The van der Waals surface area contributed by atoms with Crippen LogP contribution in [0.5, 0.6) is 11.5 Å². The van der Waals surface area contributed by atoms with Gasteiger partial charge in [-0.2, -0.15) is 4.98 Å². The van der Waals surface area contributed by atoms with E-state index < -0.39 is 0 Å². The lowest BCUT2D eigenvalue weighted by Crippen LogP contribution is -2.39. The van der Waals surface area contributed by atoms with Crippen molar-refractivity contribution in [2.45, 2.75) is 18.8 Å². The fourth-order valence-corrected chi connectivity index (χ4v) is 3.83. The van der Waals surface area contributed by atoms with Crippen molar-refractivity contribution in [3.05, 3.63) is 58.9 Å². The zero-order valence-electron chi connectivity index (χ0n) is 16.8. The Morgan fingerprint density at radius 2 is 1.83 bits per heavy atom. The average Bonchev–Trinajstić information content (AvgIpc) is 3.29. The van der Waals surface area contributed by atoms with Crippen molar-refractivity contribution in [3.8, 4) is 22.9 Å². The Bertz CT molecular complexity index is 1010. The van der Waals surface area contributed by atoms with Crippen LogP contribution in [-0.4, -0.2) is 48.3 Å². The van der Waals surface area contributed by atoms with Crippen molar-refractivity contribution in [2.75, 3.05) is 27.3 Å². The molecule has 30 heavy (non-hydrogen) atoms. The molecule has 156 valence electrons. The van der Waals surface area contributed by atoms with Gasteiger partial charge in [-0.25, -0.2) is 0 Å².